The van der Waals surface area contributed by atoms with E-state index in [0.717, 1.165) is 50.0 Å². The number of rotatable bonds is 5. The number of likely N-dealkylation sites (tertiary alicyclic amines) is 1. The Balaban J connectivity index is 1.68. The van der Waals surface area contributed by atoms with Crippen molar-refractivity contribution in [1.82, 2.24) is 9.88 Å². The van der Waals surface area contributed by atoms with Crippen LogP contribution in [0.15, 0.2) is 23.1 Å². The van der Waals surface area contributed by atoms with Crippen LogP contribution >= 0.6 is 0 Å². The van der Waals surface area contributed by atoms with Gasteiger partial charge in [0, 0.05) is 38.5 Å². The first-order chi connectivity index (χ1) is 12.2. The molecule has 1 aliphatic heterocycles. The smallest absolute Gasteiger partial charge is 0.189 e. The van der Waals surface area contributed by atoms with Gasteiger partial charge in [-0.15, -0.1) is 0 Å². The minimum Gasteiger partial charge on any atom is -0.378 e. The number of aromatic amines is 1. The number of aromatic nitrogens is 1. The summed E-state index contributed by atoms with van der Waals surface area (Å²) < 4.78 is 5.78. The number of hydrogen-bond donors (Lipinski definition) is 1. The molecule has 0 amide bonds. The number of pyridine rings is 1. The molecular weight excluding hydrogens is 312 g/mol. The van der Waals surface area contributed by atoms with Gasteiger partial charge in [0.05, 0.1) is 17.0 Å². The number of benzene rings is 1. The average molecular weight is 340 g/mol. The van der Waals surface area contributed by atoms with E-state index in [1.807, 2.05) is 0 Å². The zero-order chi connectivity index (χ0) is 17.4. The Bertz CT molecular complexity index is 814. The summed E-state index contributed by atoms with van der Waals surface area (Å²) in [6, 6.07) is 3.99. The number of nitrogens with one attached hydrogen (secondary N) is 1. The lowest BCUT2D eigenvalue weighted by Crippen LogP contribution is -2.37. The second kappa shape index (κ2) is 6.93. The van der Waals surface area contributed by atoms with E-state index in [4.69, 9.17) is 4.74 Å². The number of fused-ring (bicyclic) bond motifs is 1. The molecule has 4 nitrogen and oxygen atoms in total. The van der Waals surface area contributed by atoms with Crippen molar-refractivity contribution in [2.45, 2.75) is 58.1 Å². The quantitative estimate of drug-likeness (QED) is 0.902. The van der Waals surface area contributed by atoms with E-state index in [2.05, 4.69) is 29.8 Å². The molecule has 1 N–H and O–H groups in total. The van der Waals surface area contributed by atoms with Gasteiger partial charge in [0.25, 0.3) is 0 Å². The highest BCUT2D eigenvalue weighted by atomic mass is 16.5. The molecule has 0 unspecified atom stereocenters. The van der Waals surface area contributed by atoms with Crippen LogP contribution in [0.2, 0.25) is 0 Å². The minimum absolute atomic E-state index is 0.151. The lowest BCUT2D eigenvalue weighted by atomic mass is 9.94. The van der Waals surface area contributed by atoms with Gasteiger partial charge in [0.1, 0.15) is 0 Å². The molecule has 1 aromatic heterocycles. The van der Waals surface area contributed by atoms with E-state index in [1.165, 1.54) is 29.5 Å². The number of ether oxygens (including phenoxy) is 1. The maximum absolute atomic E-state index is 12.7. The van der Waals surface area contributed by atoms with Crippen molar-refractivity contribution >= 4 is 10.9 Å². The number of piperidine rings is 1. The van der Waals surface area contributed by atoms with E-state index >= 15 is 0 Å². The Morgan fingerprint density at radius 3 is 2.68 bits per heavy atom. The number of aryl methyl sites for hydroxylation is 1. The van der Waals surface area contributed by atoms with Crippen LogP contribution in [0, 0.1) is 6.92 Å². The Morgan fingerprint density at radius 1 is 1.24 bits per heavy atom. The number of H-pyrrole nitrogens is 1. The van der Waals surface area contributed by atoms with Gasteiger partial charge >= 0.3 is 0 Å². The first-order valence-corrected chi connectivity index (χ1v) is 9.65. The Morgan fingerprint density at radius 2 is 2.00 bits per heavy atom. The molecule has 25 heavy (non-hydrogen) atoms. The second-order valence-electron chi connectivity index (χ2n) is 7.56. The summed E-state index contributed by atoms with van der Waals surface area (Å²) in [7, 11) is 0. The highest BCUT2D eigenvalue weighted by Gasteiger charge is 2.29. The third-order valence-electron chi connectivity index (χ3n) is 5.71. The molecule has 4 rings (SSSR count). The van der Waals surface area contributed by atoms with E-state index in [0.29, 0.717) is 12.0 Å². The number of nitrogens with zero attached hydrogens (tertiary/aromatic N) is 1. The summed E-state index contributed by atoms with van der Waals surface area (Å²) in [4.78, 5) is 18.5. The molecule has 1 aliphatic carbocycles. The summed E-state index contributed by atoms with van der Waals surface area (Å²) in [5.74, 6) is 0.652. The Kier molecular flexibility index (Phi) is 4.65. The number of hydrogen-bond acceptors (Lipinski definition) is 3. The van der Waals surface area contributed by atoms with Crippen LogP contribution in [-0.4, -0.2) is 35.7 Å². The van der Waals surface area contributed by atoms with Gasteiger partial charge in [-0.25, -0.2) is 0 Å². The molecule has 1 aromatic carbocycles. The zero-order valence-electron chi connectivity index (χ0n) is 15.3. The molecule has 2 heterocycles. The third-order valence-corrected chi connectivity index (χ3v) is 5.71. The summed E-state index contributed by atoms with van der Waals surface area (Å²) in [5, 5.41) is 0.913. The van der Waals surface area contributed by atoms with Crippen molar-refractivity contribution in [3.8, 4) is 0 Å². The topological polar surface area (TPSA) is 45.3 Å². The van der Waals surface area contributed by atoms with E-state index < -0.39 is 0 Å². The summed E-state index contributed by atoms with van der Waals surface area (Å²) in [6.07, 6.45) is 6.87. The van der Waals surface area contributed by atoms with E-state index in [-0.39, 0.29) is 5.43 Å². The molecule has 0 radical (unpaired) electrons. The molecule has 2 aromatic rings. The van der Waals surface area contributed by atoms with Crippen molar-refractivity contribution in [3.63, 3.8) is 0 Å². The molecule has 2 aliphatic rings. The predicted molar refractivity (Wildman–Crippen MR) is 101 cm³/mol. The van der Waals surface area contributed by atoms with Gasteiger partial charge in [-0.05, 0) is 62.1 Å². The lowest BCUT2D eigenvalue weighted by molar-refractivity contribution is 0.0125. The molecule has 1 saturated heterocycles. The standard InChI is InChI=1S/C21H28N2O2/c1-3-25-16-7-10-23(11-8-16)13-18-17(15-4-5-15)12-14(2)21-20(18)19(24)6-9-22-21/h6,9,12,15-16H,3-5,7-8,10-11,13H2,1-2H3,(H,22,24). The van der Waals surface area contributed by atoms with Crippen molar-refractivity contribution in [1.29, 1.82) is 0 Å². The van der Waals surface area contributed by atoms with E-state index in [9.17, 15) is 4.79 Å². The van der Waals surface area contributed by atoms with Crippen LogP contribution in [0.3, 0.4) is 0 Å². The molecule has 4 heteroatoms. The van der Waals surface area contributed by atoms with Crippen molar-refractivity contribution < 1.29 is 4.74 Å². The monoisotopic (exact) mass is 340 g/mol. The fourth-order valence-electron chi connectivity index (χ4n) is 4.25. The van der Waals surface area contributed by atoms with Crippen LogP contribution < -0.4 is 5.43 Å². The molecular formula is C21H28N2O2. The average Bonchev–Trinajstić information content (AvgIpc) is 3.44. The minimum atomic E-state index is 0.151. The van der Waals surface area contributed by atoms with Gasteiger partial charge in [-0.2, -0.15) is 0 Å². The maximum Gasteiger partial charge on any atom is 0.189 e. The van der Waals surface area contributed by atoms with Crippen LogP contribution in [0.1, 0.15) is 55.2 Å². The second-order valence-corrected chi connectivity index (χ2v) is 7.56. The van der Waals surface area contributed by atoms with Crippen LogP contribution in [-0.2, 0) is 11.3 Å². The SMILES string of the molecule is CCOC1CCN(Cc2c(C3CC3)cc(C)c3[nH]ccc(=O)c23)CC1. The predicted octanol–water partition coefficient (Wildman–Crippen LogP) is 3.71. The van der Waals surface area contributed by atoms with Crippen LogP contribution in [0.5, 0.6) is 0 Å². The van der Waals surface area contributed by atoms with Gasteiger partial charge in [0.15, 0.2) is 5.43 Å². The summed E-state index contributed by atoms with van der Waals surface area (Å²) in [6.45, 7) is 7.97. The fourth-order valence-corrected chi connectivity index (χ4v) is 4.25. The van der Waals surface area contributed by atoms with Crippen molar-refractivity contribution in [2.75, 3.05) is 19.7 Å². The highest BCUT2D eigenvalue weighted by Crippen LogP contribution is 2.44. The summed E-state index contributed by atoms with van der Waals surface area (Å²) in [5.41, 5.74) is 5.02. The van der Waals surface area contributed by atoms with Gasteiger partial charge in [0.2, 0.25) is 0 Å². The third kappa shape index (κ3) is 3.38. The zero-order valence-corrected chi connectivity index (χ0v) is 15.3. The van der Waals surface area contributed by atoms with Crippen LogP contribution in [0.4, 0.5) is 0 Å². The maximum atomic E-state index is 12.7. The van der Waals surface area contributed by atoms with Gasteiger partial charge < -0.3 is 9.72 Å². The molecule has 0 atom stereocenters. The largest absolute Gasteiger partial charge is 0.378 e. The molecule has 0 bridgehead atoms. The Hall–Kier alpha value is -1.65. The summed E-state index contributed by atoms with van der Waals surface area (Å²) >= 11 is 0. The lowest BCUT2D eigenvalue weighted by Gasteiger charge is -2.32. The van der Waals surface area contributed by atoms with Crippen molar-refractivity contribution in [3.05, 3.63) is 45.2 Å². The van der Waals surface area contributed by atoms with E-state index in [1.54, 1.807) is 12.3 Å². The molecule has 134 valence electrons. The fraction of sp³-hybridized carbons (Fsp3) is 0.571. The first kappa shape index (κ1) is 16.8. The first-order valence-electron chi connectivity index (χ1n) is 9.65. The Labute approximate surface area is 149 Å². The molecule has 1 saturated carbocycles. The molecule has 0 spiro atoms. The van der Waals surface area contributed by atoms with Crippen LogP contribution in [0.25, 0.3) is 10.9 Å². The molecule has 2 fully saturated rings. The van der Waals surface area contributed by atoms with Gasteiger partial charge in [-0.3, -0.25) is 9.69 Å². The van der Waals surface area contributed by atoms with Crippen molar-refractivity contribution in [2.24, 2.45) is 0 Å². The van der Waals surface area contributed by atoms with Gasteiger partial charge in [-0.1, -0.05) is 6.07 Å². The normalized spacial score (nSPS) is 19.6. The highest BCUT2D eigenvalue weighted by molar-refractivity contribution is 5.86.